The number of nitrogens with one attached hydrogen (secondary N) is 1. The first-order valence-corrected chi connectivity index (χ1v) is 7.53. The van der Waals surface area contributed by atoms with E-state index in [0.29, 0.717) is 17.5 Å². The Morgan fingerprint density at radius 3 is 2.80 bits per heavy atom. The lowest BCUT2D eigenvalue weighted by Gasteiger charge is -2.35. The molecule has 0 aromatic heterocycles. The van der Waals surface area contributed by atoms with Gasteiger partial charge in [0.05, 0.1) is 12.7 Å². The van der Waals surface area contributed by atoms with E-state index in [2.05, 4.69) is 19.2 Å². The maximum atomic E-state index is 11.8. The molecule has 1 aliphatic carbocycles. The van der Waals surface area contributed by atoms with Gasteiger partial charge in [0.25, 0.3) is 0 Å². The van der Waals surface area contributed by atoms with Gasteiger partial charge >= 0.3 is 5.97 Å². The van der Waals surface area contributed by atoms with Gasteiger partial charge < -0.3 is 10.1 Å². The number of hydrogen-bond acceptors (Lipinski definition) is 3. The van der Waals surface area contributed by atoms with Crippen LogP contribution in [0.3, 0.4) is 0 Å². The zero-order valence-electron chi connectivity index (χ0n) is 12.7. The van der Waals surface area contributed by atoms with Crippen LogP contribution in [0, 0.1) is 11.8 Å². The second kappa shape index (κ2) is 6.89. The molecular formula is C17H25NO2. The molecule has 1 fully saturated rings. The Kier molecular flexibility index (Phi) is 5.18. The van der Waals surface area contributed by atoms with Crippen molar-refractivity contribution in [1.82, 2.24) is 5.32 Å². The predicted octanol–water partition coefficient (Wildman–Crippen LogP) is 3.39. The lowest BCUT2D eigenvalue weighted by Crippen LogP contribution is -2.40. The van der Waals surface area contributed by atoms with E-state index >= 15 is 0 Å². The van der Waals surface area contributed by atoms with Crippen molar-refractivity contribution in [1.29, 1.82) is 0 Å². The highest BCUT2D eigenvalue weighted by Crippen LogP contribution is 2.29. The number of carbonyl (C=O) groups excluding carboxylic acids is 1. The maximum Gasteiger partial charge on any atom is 0.338 e. The highest BCUT2D eigenvalue weighted by Gasteiger charge is 2.26. The predicted molar refractivity (Wildman–Crippen MR) is 80.6 cm³/mol. The number of rotatable bonds is 4. The molecule has 3 nitrogen and oxygen atoms in total. The molecule has 0 heterocycles. The van der Waals surface area contributed by atoms with Crippen LogP contribution < -0.4 is 5.32 Å². The van der Waals surface area contributed by atoms with Crippen LogP contribution in [0.1, 0.15) is 49.0 Å². The molecule has 20 heavy (non-hydrogen) atoms. The molecule has 1 N–H and O–H groups in total. The Bertz CT molecular complexity index is 458. The Balaban J connectivity index is 2.02. The molecule has 1 aromatic rings. The average molecular weight is 275 g/mol. The summed E-state index contributed by atoms with van der Waals surface area (Å²) in [4.78, 5) is 11.8. The van der Waals surface area contributed by atoms with Crippen molar-refractivity contribution in [2.24, 2.45) is 11.8 Å². The lowest BCUT2D eigenvalue weighted by atomic mass is 9.78. The first kappa shape index (κ1) is 15.0. The van der Waals surface area contributed by atoms with Gasteiger partial charge in [-0.05, 0) is 29.9 Å². The summed E-state index contributed by atoms with van der Waals surface area (Å²) < 4.78 is 4.84. The SMILES string of the molecule is COC(=O)c1ccccc1CNC1CCCC(C)C1C. The fourth-order valence-electron chi connectivity index (χ4n) is 3.09. The molecule has 1 aromatic carbocycles. The summed E-state index contributed by atoms with van der Waals surface area (Å²) in [5.41, 5.74) is 1.68. The third-order valence-corrected chi connectivity index (χ3v) is 4.68. The van der Waals surface area contributed by atoms with E-state index in [9.17, 15) is 4.79 Å². The highest BCUT2D eigenvalue weighted by molar-refractivity contribution is 5.90. The molecule has 3 heteroatoms. The molecule has 1 aliphatic rings. The summed E-state index contributed by atoms with van der Waals surface area (Å²) in [6, 6.07) is 8.22. The Hall–Kier alpha value is -1.35. The molecule has 0 spiro atoms. The number of esters is 1. The third-order valence-electron chi connectivity index (χ3n) is 4.68. The molecule has 3 unspecified atom stereocenters. The highest BCUT2D eigenvalue weighted by atomic mass is 16.5. The minimum atomic E-state index is -0.257. The van der Waals surface area contributed by atoms with E-state index in [-0.39, 0.29) is 5.97 Å². The second-order valence-corrected chi connectivity index (χ2v) is 5.90. The zero-order chi connectivity index (χ0) is 14.5. The monoisotopic (exact) mass is 275 g/mol. The minimum Gasteiger partial charge on any atom is -0.465 e. The summed E-state index contributed by atoms with van der Waals surface area (Å²) in [7, 11) is 1.43. The van der Waals surface area contributed by atoms with Gasteiger partial charge in [0.1, 0.15) is 0 Å². The Morgan fingerprint density at radius 2 is 2.05 bits per heavy atom. The number of hydrogen-bond donors (Lipinski definition) is 1. The molecule has 0 bridgehead atoms. The summed E-state index contributed by atoms with van der Waals surface area (Å²) in [5, 5.41) is 3.63. The van der Waals surface area contributed by atoms with Crippen LogP contribution in [0.25, 0.3) is 0 Å². The largest absolute Gasteiger partial charge is 0.465 e. The van der Waals surface area contributed by atoms with Crippen molar-refractivity contribution in [2.75, 3.05) is 7.11 Å². The fraction of sp³-hybridized carbons (Fsp3) is 0.588. The smallest absolute Gasteiger partial charge is 0.338 e. The van der Waals surface area contributed by atoms with Crippen LogP contribution in [0.2, 0.25) is 0 Å². The Morgan fingerprint density at radius 1 is 1.30 bits per heavy atom. The molecule has 3 atom stereocenters. The van der Waals surface area contributed by atoms with Crippen molar-refractivity contribution in [3.63, 3.8) is 0 Å². The van der Waals surface area contributed by atoms with E-state index in [1.807, 2.05) is 24.3 Å². The van der Waals surface area contributed by atoms with Crippen LogP contribution in [0.5, 0.6) is 0 Å². The molecular weight excluding hydrogens is 250 g/mol. The van der Waals surface area contributed by atoms with Crippen LogP contribution >= 0.6 is 0 Å². The van der Waals surface area contributed by atoms with Crippen molar-refractivity contribution < 1.29 is 9.53 Å². The summed E-state index contributed by atoms with van der Waals surface area (Å²) >= 11 is 0. The van der Waals surface area contributed by atoms with Gasteiger partial charge in [0.15, 0.2) is 0 Å². The standard InChI is InChI=1S/C17H25NO2/c1-12-7-6-10-16(13(12)2)18-11-14-8-4-5-9-15(14)17(19)20-3/h4-5,8-9,12-13,16,18H,6-7,10-11H2,1-3H3. The summed E-state index contributed by atoms with van der Waals surface area (Å²) in [6.45, 7) is 5.39. The molecule has 0 saturated heterocycles. The molecule has 0 amide bonds. The van der Waals surface area contributed by atoms with Crippen LogP contribution in [-0.4, -0.2) is 19.1 Å². The van der Waals surface area contributed by atoms with Gasteiger partial charge in [-0.2, -0.15) is 0 Å². The number of carbonyl (C=O) groups is 1. The van der Waals surface area contributed by atoms with Gasteiger partial charge in [-0.25, -0.2) is 4.79 Å². The van der Waals surface area contributed by atoms with Gasteiger partial charge in [0.2, 0.25) is 0 Å². The van der Waals surface area contributed by atoms with Crippen molar-refractivity contribution >= 4 is 5.97 Å². The number of ether oxygens (including phenoxy) is 1. The first-order chi connectivity index (χ1) is 9.63. The van der Waals surface area contributed by atoms with E-state index in [1.54, 1.807) is 0 Å². The lowest BCUT2D eigenvalue weighted by molar-refractivity contribution is 0.0599. The fourth-order valence-corrected chi connectivity index (χ4v) is 3.09. The van der Waals surface area contributed by atoms with E-state index in [4.69, 9.17) is 4.74 Å². The zero-order valence-corrected chi connectivity index (χ0v) is 12.7. The van der Waals surface area contributed by atoms with Gasteiger partial charge in [-0.3, -0.25) is 0 Å². The topological polar surface area (TPSA) is 38.3 Å². The molecule has 110 valence electrons. The van der Waals surface area contributed by atoms with Crippen molar-refractivity contribution in [3.05, 3.63) is 35.4 Å². The van der Waals surface area contributed by atoms with E-state index in [1.165, 1.54) is 26.4 Å². The van der Waals surface area contributed by atoms with E-state index in [0.717, 1.165) is 18.0 Å². The van der Waals surface area contributed by atoms with Crippen molar-refractivity contribution in [2.45, 2.75) is 45.7 Å². The van der Waals surface area contributed by atoms with Crippen LogP contribution in [0.15, 0.2) is 24.3 Å². The molecule has 0 aliphatic heterocycles. The van der Waals surface area contributed by atoms with Crippen molar-refractivity contribution in [3.8, 4) is 0 Å². The van der Waals surface area contributed by atoms with Crippen LogP contribution in [-0.2, 0) is 11.3 Å². The average Bonchev–Trinajstić information content (AvgIpc) is 2.48. The second-order valence-electron chi connectivity index (χ2n) is 5.90. The minimum absolute atomic E-state index is 0.257. The maximum absolute atomic E-state index is 11.8. The Labute approximate surface area is 121 Å². The number of methoxy groups -OCH3 is 1. The van der Waals surface area contributed by atoms with Crippen LogP contribution in [0.4, 0.5) is 0 Å². The quantitative estimate of drug-likeness (QED) is 0.856. The third kappa shape index (κ3) is 3.40. The van der Waals surface area contributed by atoms with Gasteiger partial charge in [-0.1, -0.05) is 44.9 Å². The van der Waals surface area contributed by atoms with Gasteiger partial charge in [0, 0.05) is 12.6 Å². The summed E-state index contributed by atoms with van der Waals surface area (Å²) in [6.07, 6.45) is 3.85. The van der Waals surface area contributed by atoms with E-state index < -0.39 is 0 Å². The number of benzene rings is 1. The molecule has 1 saturated carbocycles. The first-order valence-electron chi connectivity index (χ1n) is 7.53. The van der Waals surface area contributed by atoms with Gasteiger partial charge in [-0.15, -0.1) is 0 Å². The molecule has 2 rings (SSSR count). The normalized spacial score (nSPS) is 26.2. The molecule has 0 radical (unpaired) electrons. The summed E-state index contributed by atoms with van der Waals surface area (Å²) in [5.74, 6) is 1.21.